The fourth-order valence-electron chi connectivity index (χ4n) is 6.80. The van der Waals surface area contributed by atoms with E-state index in [-0.39, 0.29) is 78.8 Å². The zero-order valence-corrected chi connectivity index (χ0v) is 37.0. The topological polar surface area (TPSA) is 367 Å². The van der Waals surface area contributed by atoms with Crippen LogP contribution < -0.4 is 0 Å². The molecule has 4 aliphatic rings. The van der Waals surface area contributed by atoms with Crippen molar-refractivity contribution in [3.63, 3.8) is 0 Å². The van der Waals surface area contributed by atoms with Gasteiger partial charge in [-0.3, -0.25) is 59.0 Å². The van der Waals surface area contributed by atoms with Crippen molar-refractivity contribution in [2.45, 2.75) is 0 Å². The molecule has 0 saturated heterocycles. The zero-order chi connectivity index (χ0) is 45.3. The van der Waals surface area contributed by atoms with Crippen LogP contribution >= 0.6 is 0 Å². The molecule has 8 aromatic rings. The molecular formula is C44H28Ag2N10O12. The van der Waals surface area contributed by atoms with E-state index in [4.69, 9.17) is 30.6 Å². The van der Waals surface area contributed by atoms with E-state index in [9.17, 15) is 19.2 Å². The zero-order valence-electron chi connectivity index (χ0n) is 34.0. The second kappa shape index (κ2) is 24.3. The van der Waals surface area contributed by atoms with Gasteiger partial charge in [-0.2, -0.15) is 0 Å². The Bertz CT molecular complexity index is 2580. The number of aromatic nitrogens is 8. The fraction of sp³-hybridized carbons (Fsp3) is 0. The smallest absolute Gasteiger partial charge is 0.412 e. The number of hydrogen-bond donors (Lipinski definition) is 0. The van der Waals surface area contributed by atoms with Crippen molar-refractivity contribution >= 4 is 23.1 Å². The van der Waals surface area contributed by atoms with Gasteiger partial charge in [-0.25, -0.2) is 0 Å². The molecule has 0 aliphatic heterocycles. The summed E-state index contributed by atoms with van der Waals surface area (Å²) in [5.41, 5.74) is 10.8. The molecule has 0 bridgehead atoms. The van der Waals surface area contributed by atoms with Gasteiger partial charge in [0, 0.05) is 49.6 Å². The standard InChI is InChI=1S/4C11H6N2O.2Ag.2NO3.2H2O/c4*14-11-7-3-1-5-12-9(7)10-8(11)4-2-6-13-10;;;2*2-1(3)4;;/h4*1-6H;;;;;2*1H2/q;;;;2*+1;2*-1;;. The number of rotatable bonds is 0. The maximum Gasteiger partial charge on any atom is 1.00 e. The average molecular weight is 1100 g/mol. The number of ketones is 4. The van der Waals surface area contributed by atoms with Gasteiger partial charge in [-0.15, -0.1) is 0 Å². The van der Waals surface area contributed by atoms with Gasteiger partial charge in [0.1, 0.15) is 45.6 Å². The maximum atomic E-state index is 11.8. The molecule has 0 unspecified atom stereocenters. The Morgan fingerprint density at radius 1 is 0.279 bits per heavy atom. The molecule has 8 heterocycles. The van der Waals surface area contributed by atoms with Crippen LogP contribution in [0.3, 0.4) is 0 Å². The van der Waals surface area contributed by atoms with Crippen molar-refractivity contribution in [3.05, 3.63) is 222 Å². The number of carbonyl (C=O) groups is 4. The predicted octanol–water partition coefficient (Wildman–Crippen LogP) is 4.62. The Hall–Kier alpha value is -8.32. The number of carbonyl (C=O) groups excluding carboxylic acids is 4. The largest absolute Gasteiger partial charge is 1.00 e. The first-order chi connectivity index (χ1) is 31.0. The second-order valence-electron chi connectivity index (χ2n) is 13.0. The van der Waals surface area contributed by atoms with Crippen LogP contribution in [0.25, 0.3) is 45.6 Å². The van der Waals surface area contributed by atoms with E-state index < -0.39 is 10.2 Å². The summed E-state index contributed by atoms with van der Waals surface area (Å²) in [5, 5.41) is 29.5. The van der Waals surface area contributed by atoms with Crippen molar-refractivity contribution in [1.29, 1.82) is 0 Å². The Morgan fingerprint density at radius 2 is 0.382 bits per heavy atom. The number of nitrogens with zero attached hydrogens (tertiary/aromatic N) is 10. The van der Waals surface area contributed by atoms with Gasteiger partial charge in [-0.05, 0) is 97.1 Å². The average Bonchev–Trinajstić information content (AvgIpc) is 3.99. The third-order valence-corrected chi connectivity index (χ3v) is 9.32. The number of pyridine rings is 8. The van der Waals surface area contributed by atoms with Crippen LogP contribution in [0, 0.1) is 30.6 Å². The van der Waals surface area contributed by atoms with Gasteiger partial charge in [0.25, 0.3) is 0 Å². The molecule has 0 aromatic carbocycles. The first-order valence-electron chi connectivity index (χ1n) is 18.4. The van der Waals surface area contributed by atoms with Crippen LogP contribution in [0.2, 0.25) is 0 Å². The summed E-state index contributed by atoms with van der Waals surface area (Å²) in [6.07, 6.45) is 13.4. The Labute approximate surface area is 413 Å². The van der Waals surface area contributed by atoms with Crippen molar-refractivity contribution < 1.29 is 85.1 Å². The predicted molar refractivity (Wildman–Crippen MR) is 232 cm³/mol. The molecule has 0 fully saturated rings. The summed E-state index contributed by atoms with van der Waals surface area (Å²) in [7, 11) is 0. The van der Waals surface area contributed by atoms with Gasteiger partial charge in [-0.1, -0.05) is 0 Å². The third-order valence-electron chi connectivity index (χ3n) is 9.32. The summed E-state index contributed by atoms with van der Waals surface area (Å²) < 4.78 is 0. The van der Waals surface area contributed by atoms with Gasteiger partial charge < -0.3 is 41.6 Å². The molecule has 0 amide bonds. The number of hydrogen-bond acceptors (Lipinski definition) is 18. The molecule has 0 radical (unpaired) electrons. The minimum Gasteiger partial charge on any atom is -0.412 e. The van der Waals surface area contributed by atoms with Crippen molar-refractivity contribution in [2.24, 2.45) is 0 Å². The first kappa shape index (κ1) is 54.0. The molecule has 0 atom stereocenters. The quantitative estimate of drug-likeness (QED) is 0.114. The molecule has 12 rings (SSSR count). The number of fused-ring (bicyclic) bond motifs is 12. The molecule has 4 aliphatic carbocycles. The van der Waals surface area contributed by atoms with Crippen molar-refractivity contribution in [3.8, 4) is 45.6 Å². The van der Waals surface area contributed by atoms with Crippen molar-refractivity contribution in [1.82, 2.24) is 39.9 Å². The summed E-state index contributed by atoms with van der Waals surface area (Å²) in [6, 6.07) is 28.4. The first-order valence-corrected chi connectivity index (χ1v) is 18.4. The van der Waals surface area contributed by atoms with Gasteiger partial charge in [0.2, 0.25) is 0 Å². The Balaban J connectivity index is 0.000000224. The molecule has 0 saturated carbocycles. The summed E-state index contributed by atoms with van der Waals surface area (Å²) >= 11 is 0. The normalized spacial score (nSPS) is 10.9. The Morgan fingerprint density at radius 3 is 0.485 bits per heavy atom. The monoisotopic (exact) mass is 1100 g/mol. The van der Waals surface area contributed by atoms with E-state index in [0.29, 0.717) is 90.1 Å². The third kappa shape index (κ3) is 11.4. The molecule has 24 heteroatoms. The summed E-state index contributed by atoms with van der Waals surface area (Å²) in [5.74, 6) is 0.0970. The van der Waals surface area contributed by atoms with Crippen LogP contribution in [-0.2, 0) is 44.8 Å². The van der Waals surface area contributed by atoms with Crippen LogP contribution in [0.5, 0.6) is 0 Å². The molecule has 4 N–H and O–H groups in total. The van der Waals surface area contributed by atoms with Gasteiger partial charge >= 0.3 is 44.8 Å². The minimum absolute atomic E-state index is 0. The molecule has 348 valence electrons. The maximum absolute atomic E-state index is 11.8. The molecule has 68 heavy (non-hydrogen) atoms. The van der Waals surface area contributed by atoms with Crippen molar-refractivity contribution in [2.75, 3.05) is 0 Å². The van der Waals surface area contributed by atoms with Crippen LogP contribution in [0.15, 0.2) is 147 Å². The van der Waals surface area contributed by atoms with E-state index in [2.05, 4.69) is 39.9 Å². The molecule has 0 spiro atoms. The molecule has 8 aromatic heterocycles. The SMILES string of the molecule is O.O.O=C1c2cccnc2-c2ncccc21.O=C1c2cccnc2-c2ncccc21.O=C1c2cccnc2-c2ncccc21.O=C1c2cccnc2-c2ncccc21.O=[N+]([O-])[O-].O=[N+]([O-])[O-].[Ag+].[Ag+]. The van der Waals surface area contributed by atoms with E-state index >= 15 is 0 Å². The van der Waals surface area contributed by atoms with E-state index in [0.717, 1.165) is 0 Å². The second-order valence-corrected chi connectivity index (χ2v) is 13.0. The van der Waals surface area contributed by atoms with Crippen LogP contribution in [0.1, 0.15) is 63.7 Å². The van der Waals surface area contributed by atoms with E-state index in [1.54, 1.807) is 147 Å². The Kier molecular flexibility index (Phi) is 19.3. The van der Waals surface area contributed by atoms with E-state index in [1.807, 2.05) is 0 Å². The fourth-order valence-corrected chi connectivity index (χ4v) is 6.80. The minimum atomic E-state index is -1.75. The van der Waals surface area contributed by atoms with E-state index in [1.165, 1.54) is 0 Å². The summed E-state index contributed by atoms with van der Waals surface area (Å²) in [4.78, 5) is 97.1. The summed E-state index contributed by atoms with van der Waals surface area (Å²) in [6.45, 7) is 0. The van der Waals surface area contributed by atoms with Crippen LogP contribution in [-0.4, -0.2) is 84.1 Å². The van der Waals surface area contributed by atoms with Gasteiger partial charge in [0.15, 0.2) is 23.1 Å². The van der Waals surface area contributed by atoms with Gasteiger partial charge in [0.05, 0.1) is 54.7 Å². The molecular weight excluding hydrogens is 1080 g/mol. The van der Waals surface area contributed by atoms with Crippen LogP contribution in [0.4, 0.5) is 0 Å². The molecule has 22 nitrogen and oxygen atoms in total.